The summed E-state index contributed by atoms with van der Waals surface area (Å²) in [6.07, 6.45) is 0.742. The van der Waals surface area contributed by atoms with Crippen molar-refractivity contribution in [2.24, 2.45) is 0 Å². The number of anilines is 2. The summed E-state index contributed by atoms with van der Waals surface area (Å²) in [5.74, 6) is -0.207. The average Bonchev–Trinajstić information content (AvgIpc) is 2.72. The molecule has 1 heterocycles. The van der Waals surface area contributed by atoms with Crippen molar-refractivity contribution in [3.63, 3.8) is 0 Å². The molecule has 3 aromatic rings. The monoisotopic (exact) mass is 423 g/mol. The Bertz CT molecular complexity index is 1080. The molecule has 0 aliphatic carbocycles. The molecule has 0 saturated carbocycles. The number of H-pyrrole nitrogens is 1. The van der Waals surface area contributed by atoms with Crippen molar-refractivity contribution in [3.05, 3.63) is 46.6 Å². The first-order chi connectivity index (χ1) is 14.7. The number of benzene rings is 2. The summed E-state index contributed by atoms with van der Waals surface area (Å²) < 4.78 is 0. The summed E-state index contributed by atoms with van der Waals surface area (Å²) in [5.41, 5.74) is 2.37. The Morgan fingerprint density at radius 3 is 1.58 bits per heavy atom. The number of nitrogens with zero attached hydrogens (tertiary/aromatic N) is 2. The zero-order valence-corrected chi connectivity index (χ0v) is 18.4. The minimum atomic E-state index is -0.155. The van der Waals surface area contributed by atoms with Gasteiger partial charge in [-0.25, -0.2) is 0 Å². The SMILES string of the molecule is CN(C)CCC(=O)Nc1ccc2[nH]c3ccc(NC(=O)CCN(C)C)cc3c(=O)c2c1. The summed E-state index contributed by atoms with van der Waals surface area (Å²) in [7, 11) is 7.64. The number of aromatic amines is 1. The van der Waals surface area contributed by atoms with E-state index in [0.717, 1.165) is 0 Å². The van der Waals surface area contributed by atoms with Crippen LogP contribution < -0.4 is 16.1 Å². The summed E-state index contributed by atoms with van der Waals surface area (Å²) in [6, 6.07) is 10.5. The maximum atomic E-state index is 13.1. The average molecular weight is 424 g/mol. The van der Waals surface area contributed by atoms with Gasteiger partial charge in [-0.15, -0.1) is 0 Å². The van der Waals surface area contributed by atoms with E-state index in [1.165, 1.54) is 0 Å². The molecule has 0 saturated heterocycles. The number of hydrogen-bond donors (Lipinski definition) is 3. The molecule has 0 aliphatic rings. The molecule has 2 amide bonds. The Labute approximate surface area is 181 Å². The van der Waals surface area contributed by atoms with Crippen molar-refractivity contribution in [3.8, 4) is 0 Å². The second-order valence-electron chi connectivity index (χ2n) is 8.18. The van der Waals surface area contributed by atoms with Crippen molar-refractivity contribution in [2.75, 3.05) is 51.9 Å². The standard InChI is InChI=1S/C23H29N5O3/c1-27(2)11-9-21(29)24-15-5-7-19-17(13-15)23(31)18-14-16(6-8-20(18)26-19)25-22(30)10-12-28(3)4/h5-8,13-14H,9-12H2,1-4H3,(H,24,29)(H,25,30)(H,26,31). The molecule has 3 rings (SSSR count). The summed E-state index contributed by atoms with van der Waals surface area (Å²) in [6.45, 7) is 1.29. The van der Waals surface area contributed by atoms with Gasteiger partial charge in [0.15, 0.2) is 5.43 Å². The van der Waals surface area contributed by atoms with Gasteiger partial charge in [0.2, 0.25) is 11.8 Å². The fourth-order valence-electron chi connectivity index (χ4n) is 3.23. The predicted octanol–water partition coefficient (Wildman–Crippen LogP) is 2.46. The van der Waals surface area contributed by atoms with E-state index in [1.54, 1.807) is 36.4 Å². The van der Waals surface area contributed by atoms with Gasteiger partial charge in [0.25, 0.3) is 0 Å². The third kappa shape index (κ3) is 5.90. The number of hydrogen-bond acceptors (Lipinski definition) is 5. The Morgan fingerprint density at radius 1 is 0.774 bits per heavy atom. The smallest absolute Gasteiger partial charge is 0.225 e. The van der Waals surface area contributed by atoms with E-state index in [9.17, 15) is 14.4 Å². The van der Waals surface area contributed by atoms with Crippen LogP contribution in [0.25, 0.3) is 21.8 Å². The van der Waals surface area contributed by atoms with Crippen molar-refractivity contribution >= 4 is 45.0 Å². The van der Waals surface area contributed by atoms with Gasteiger partial charge in [-0.3, -0.25) is 14.4 Å². The van der Waals surface area contributed by atoms with E-state index in [4.69, 9.17) is 0 Å². The number of carbonyl (C=O) groups is 2. The van der Waals surface area contributed by atoms with E-state index >= 15 is 0 Å². The molecule has 1 aromatic heterocycles. The lowest BCUT2D eigenvalue weighted by Gasteiger charge is -2.11. The van der Waals surface area contributed by atoms with Crippen LogP contribution in [0.1, 0.15) is 12.8 Å². The molecule has 0 fully saturated rings. The molecule has 2 aromatic carbocycles. The largest absolute Gasteiger partial charge is 0.354 e. The Hall–Kier alpha value is -3.23. The van der Waals surface area contributed by atoms with Crippen LogP contribution in [0, 0.1) is 0 Å². The van der Waals surface area contributed by atoms with Crippen LogP contribution in [0.2, 0.25) is 0 Å². The van der Waals surface area contributed by atoms with Gasteiger partial charge in [-0.1, -0.05) is 0 Å². The first-order valence-electron chi connectivity index (χ1n) is 10.2. The van der Waals surface area contributed by atoms with Gasteiger partial charge >= 0.3 is 0 Å². The van der Waals surface area contributed by atoms with Crippen LogP contribution in [-0.4, -0.2) is 67.9 Å². The van der Waals surface area contributed by atoms with E-state index in [0.29, 0.717) is 59.1 Å². The van der Waals surface area contributed by atoms with Gasteiger partial charge in [-0.05, 0) is 64.6 Å². The van der Waals surface area contributed by atoms with Gasteiger partial charge < -0.3 is 25.4 Å². The minimum absolute atomic E-state index is 0.104. The third-order valence-corrected chi connectivity index (χ3v) is 4.94. The lowest BCUT2D eigenvalue weighted by molar-refractivity contribution is -0.117. The highest BCUT2D eigenvalue weighted by Crippen LogP contribution is 2.21. The topological polar surface area (TPSA) is 97.5 Å². The zero-order chi connectivity index (χ0) is 22.5. The van der Waals surface area contributed by atoms with Crippen LogP contribution >= 0.6 is 0 Å². The molecule has 0 spiro atoms. The van der Waals surface area contributed by atoms with E-state index < -0.39 is 0 Å². The molecular formula is C23H29N5O3. The van der Waals surface area contributed by atoms with Crippen LogP contribution in [-0.2, 0) is 9.59 Å². The van der Waals surface area contributed by atoms with E-state index in [2.05, 4.69) is 15.6 Å². The van der Waals surface area contributed by atoms with Crippen molar-refractivity contribution in [1.82, 2.24) is 14.8 Å². The molecule has 8 nitrogen and oxygen atoms in total. The molecule has 31 heavy (non-hydrogen) atoms. The van der Waals surface area contributed by atoms with Crippen LogP contribution in [0.3, 0.4) is 0 Å². The van der Waals surface area contributed by atoms with Gasteiger partial charge in [0.05, 0.1) is 0 Å². The number of carbonyl (C=O) groups excluding carboxylic acids is 2. The molecule has 0 unspecified atom stereocenters. The number of nitrogens with one attached hydrogen (secondary N) is 3. The molecule has 8 heteroatoms. The molecule has 0 aliphatic heterocycles. The normalized spacial score (nSPS) is 11.4. The molecule has 164 valence electrons. The van der Waals surface area contributed by atoms with Crippen molar-refractivity contribution in [2.45, 2.75) is 12.8 Å². The third-order valence-electron chi connectivity index (χ3n) is 4.94. The molecule has 0 bridgehead atoms. The van der Waals surface area contributed by atoms with Crippen LogP contribution in [0.5, 0.6) is 0 Å². The maximum absolute atomic E-state index is 13.1. The highest BCUT2D eigenvalue weighted by atomic mass is 16.2. The van der Waals surface area contributed by atoms with Crippen molar-refractivity contribution in [1.29, 1.82) is 0 Å². The lowest BCUT2D eigenvalue weighted by atomic mass is 10.1. The Balaban J connectivity index is 1.87. The highest BCUT2D eigenvalue weighted by Gasteiger charge is 2.10. The molecule has 0 atom stereocenters. The lowest BCUT2D eigenvalue weighted by Crippen LogP contribution is -2.21. The molecular weight excluding hydrogens is 394 g/mol. The second kappa shape index (κ2) is 9.72. The summed E-state index contributed by atoms with van der Waals surface area (Å²) in [5, 5.41) is 6.65. The summed E-state index contributed by atoms with van der Waals surface area (Å²) >= 11 is 0. The highest BCUT2D eigenvalue weighted by molar-refractivity contribution is 5.99. The van der Waals surface area contributed by atoms with Gasteiger partial charge in [0, 0.05) is 59.1 Å². The first kappa shape index (κ1) is 22.5. The maximum Gasteiger partial charge on any atom is 0.225 e. The fraction of sp³-hybridized carbons (Fsp3) is 0.348. The number of rotatable bonds is 8. The molecule has 0 radical (unpaired) electrons. The minimum Gasteiger partial charge on any atom is -0.354 e. The predicted molar refractivity (Wildman–Crippen MR) is 126 cm³/mol. The van der Waals surface area contributed by atoms with Crippen LogP contribution in [0.15, 0.2) is 41.2 Å². The van der Waals surface area contributed by atoms with E-state index in [-0.39, 0.29) is 17.2 Å². The second-order valence-corrected chi connectivity index (χ2v) is 8.18. The van der Waals surface area contributed by atoms with Gasteiger partial charge in [0.1, 0.15) is 0 Å². The number of amides is 2. The first-order valence-corrected chi connectivity index (χ1v) is 10.2. The number of fused-ring (bicyclic) bond motifs is 2. The number of pyridine rings is 1. The summed E-state index contributed by atoms with van der Waals surface area (Å²) in [4.78, 5) is 44.5. The zero-order valence-electron chi connectivity index (χ0n) is 18.4. The van der Waals surface area contributed by atoms with Crippen molar-refractivity contribution < 1.29 is 9.59 Å². The van der Waals surface area contributed by atoms with E-state index in [1.807, 2.05) is 38.0 Å². The Kier molecular flexibility index (Phi) is 7.04. The quantitative estimate of drug-likeness (QED) is 0.484. The molecule has 3 N–H and O–H groups in total. The Morgan fingerprint density at radius 2 is 1.19 bits per heavy atom. The number of aromatic nitrogens is 1. The van der Waals surface area contributed by atoms with Crippen LogP contribution in [0.4, 0.5) is 11.4 Å². The van der Waals surface area contributed by atoms with Gasteiger partial charge in [-0.2, -0.15) is 0 Å². The fourth-order valence-corrected chi connectivity index (χ4v) is 3.23.